The highest BCUT2D eigenvalue weighted by Crippen LogP contribution is 2.30. The molecule has 0 unspecified atom stereocenters. The largest absolute Gasteiger partial charge is 0.497 e. The van der Waals surface area contributed by atoms with E-state index in [0.29, 0.717) is 0 Å². The summed E-state index contributed by atoms with van der Waals surface area (Å²) in [6.07, 6.45) is 0. The molecule has 2 rings (SSSR count). The summed E-state index contributed by atoms with van der Waals surface area (Å²) in [6, 6.07) is 15.4. The van der Waals surface area contributed by atoms with Gasteiger partial charge in [-0.3, -0.25) is 0 Å². The van der Waals surface area contributed by atoms with Crippen LogP contribution in [0.4, 0.5) is 0 Å². The predicted molar refractivity (Wildman–Crippen MR) is 93.3 cm³/mol. The Hall–Kier alpha value is -1.31. The second kappa shape index (κ2) is 7.80. The Kier molecular flexibility index (Phi) is 6.05. The van der Waals surface area contributed by atoms with E-state index in [1.165, 1.54) is 0 Å². The fourth-order valence-corrected chi connectivity index (χ4v) is 2.60. The maximum absolute atomic E-state index is 5.94. The summed E-state index contributed by atoms with van der Waals surface area (Å²) in [5.41, 5.74) is 0.901. The summed E-state index contributed by atoms with van der Waals surface area (Å²) in [4.78, 5) is 0. The normalized spacial score (nSPS) is 11.3. The van der Waals surface area contributed by atoms with Gasteiger partial charge in [-0.15, -0.1) is 0 Å². The van der Waals surface area contributed by atoms with Gasteiger partial charge in [0.1, 0.15) is 18.1 Å². The zero-order valence-electron chi connectivity index (χ0n) is 12.8. The van der Waals surface area contributed by atoms with Gasteiger partial charge in [0.15, 0.2) is 0 Å². The molecule has 22 heavy (non-hydrogen) atoms. The van der Waals surface area contributed by atoms with Gasteiger partial charge in [0.05, 0.1) is 10.7 Å². The third-order valence-corrected chi connectivity index (χ3v) is 4.32. The molecule has 118 valence electrons. The molecule has 2 aromatic carbocycles. The first-order chi connectivity index (χ1) is 10.6. The lowest BCUT2D eigenvalue weighted by Crippen LogP contribution is -2.37. The van der Waals surface area contributed by atoms with Crippen LogP contribution in [0.15, 0.2) is 48.5 Å². The molecule has 0 aliphatic carbocycles. The molecule has 0 aliphatic rings. The van der Waals surface area contributed by atoms with E-state index in [1.54, 1.807) is 21.3 Å². The molecular weight excluding hydrogens is 395 g/mol. The van der Waals surface area contributed by atoms with Crippen LogP contribution in [0.3, 0.4) is 0 Å². The summed E-state index contributed by atoms with van der Waals surface area (Å²) >= 11 is 2.22. The molecule has 0 radical (unpaired) electrons. The Labute approximate surface area is 144 Å². The van der Waals surface area contributed by atoms with Crippen molar-refractivity contribution in [3.05, 3.63) is 57.7 Å². The van der Waals surface area contributed by atoms with Gasteiger partial charge in [0.2, 0.25) is 5.79 Å². The summed E-state index contributed by atoms with van der Waals surface area (Å²) in [5.74, 6) is 0.526. The van der Waals surface area contributed by atoms with Gasteiger partial charge in [-0.05, 0) is 34.7 Å². The van der Waals surface area contributed by atoms with Crippen LogP contribution in [0.25, 0.3) is 0 Å². The number of halogens is 1. The van der Waals surface area contributed by atoms with E-state index in [9.17, 15) is 0 Å². The minimum absolute atomic E-state index is 0.229. The second-order valence-electron chi connectivity index (χ2n) is 4.61. The van der Waals surface area contributed by atoms with E-state index >= 15 is 0 Å². The Morgan fingerprint density at radius 1 is 0.955 bits per heavy atom. The predicted octanol–water partition coefficient (Wildman–Crippen LogP) is 3.82. The first-order valence-corrected chi connectivity index (χ1v) is 7.85. The molecule has 5 heteroatoms. The summed E-state index contributed by atoms with van der Waals surface area (Å²) in [7, 11) is 4.84. The monoisotopic (exact) mass is 414 g/mol. The standard InChI is InChI=1S/C17H19IO4/c1-19-14-9-10-15(18)16(11-14)22-12-17(20-2,21-3)13-7-5-4-6-8-13/h4-11H,12H2,1-3H3. The number of hydrogen-bond acceptors (Lipinski definition) is 4. The lowest BCUT2D eigenvalue weighted by Gasteiger charge is -2.31. The smallest absolute Gasteiger partial charge is 0.229 e. The number of rotatable bonds is 7. The zero-order chi connectivity index (χ0) is 16.0. The Bertz CT molecular complexity index is 597. The van der Waals surface area contributed by atoms with Gasteiger partial charge in [-0.1, -0.05) is 30.3 Å². The van der Waals surface area contributed by atoms with Gasteiger partial charge < -0.3 is 18.9 Å². The topological polar surface area (TPSA) is 36.9 Å². The van der Waals surface area contributed by atoms with Crippen LogP contribution in [0.5, 0.6) is 11.5 Å². The highest BCUT2D eigenvalue weighted by atomic mass is 127. The molecule has 4 nitrogen and oxygen atoms in total. The van der Waals surface area contributed by atoms with Crippen molar-refractivity contribution in [3.8, 4) is 11.5 Å². The van der Waals surface area contributed by atoms with E-state index < -0.39 is 5.79 Å². The summed E-state index contributed by atoms with van der Waals surface area (Å²) in [6.45, 7) is 0.229. The Morgan fingerprint density at radius 2 is 1.64 bits per heavy atom. The molecule has 0 fully saturated rings. The van der Waals surface area contributed by atoms with Crippen molar-refractivity contribution in [3.63, 3.8) is 0 Å². The zero-order valence-corrected chi connectivity index (χ0v) is 15.0. The van der Waals surface area contributed by atoms with Crippen LogP contribution in [-0.2, 0) is 15.3 Å². The quantitative estimate of drug-likeness (QED) is 0.510. The lowest BCUT2D eigenvalue weighted by atomic mass is 10.1. The van der Waals surface area contributed by atoms with Gasteiger partial charge in [0, 0.05) is 25.8 Å². The highest BCUT2D eigenvalue weighted by Gasteiger charge is 2.33. The molecule has 2 aromatic rings. The van der Waals surface area contributed by atoms with E-state index in [2.05, 4.69) is 22.6 Å². The van der Waals surface area contributed by atoms with Crippen molar-refractivity contribution >= 4 is 22.6 Å². The van der Waals surface area contributed by atoms with E-state index in [-0.39, 0.29) is 6.61 Å². The molecule has 0 N–H and O–H groups in total. The molecule has 0 aromatic heterocycles. The van der Waals surface area contributed by atoms with Crippen molar-refractivity contribution in [2.75, 3.05) is 27.9 Å². The van der Waals surface area contributed by atoms with Crippen LogP contribution in [0, 0.1) is 3.57 Å². The number of ether oxygens (including phenoxy) is 4. The second-order valence-corrected chi connectivity index (χ2v) is 5.77. The molecule has 0 amide bonds. The van der Waals surface area contributed by atoms with E-state index in [4.69, 9.17) is 18.9 Å². The highest BCUT2D eigenvalue weighted by molar-refractivity contribution is 14.1. The minimum Gasteiger partial charge on any atom is -0.497 e. The number of hydrogen-bond donors (Lipinski definition) is 0. The van der Waals surface area contributed by atoms with Crippen molar-refractivity contribution in [2.24, 2.45) is 0 Å². The first-order valence-electron chi connectivity index (χ1n) is 6.77. The fraction of sp³-hybridized carbons (Fsp3) is 0.294. The molecule has 0 spiro atoms. The molecule has 0 bridgehead atoms. The number of benzene rings is 2. The van der Waals surface area contributed by atoms with Crippen molar-refractivity contribution in [1.82, 2.24) is 0 Å². The summed E-state index contributed by atoms with van der Waals surface area (Å²) in [5, 5.41) is 0. The van der Waals surface area contributed by atoms with Crippen LogP contribution in [0.2, 0.25) is 0 Å². The first kappa shape index (κ1) is 17.1. The maximum atomic E-state index is 5.94. The van der Waals surface area contributed by atoms with Crippen LogP contribution in [0.1, 0.15) is 5.56 Å². The fourth-order valence-electron chi connectivity index (χ4n) is 2.11. The lowest BCUT2D eigenvalue weighted by molar-refractivity contribution is -0.231. The van der Waals surface area contributed by atoms with E-state index in [1.807, 2.05) is 48.5 Å². The minimum atomic E-state index is -0.951. The summed E-state index contributed by atoms with van der Waals surface area (Å²) < 4.78 is 23.4. The Morgan fingerprint density at radius 3 is 2.23 bits per heavy atom. The van der Waals surface area contributed by atoms with Crippen LogP contribution >= 0.6 is 22.6 Å². The average molecular weight is 414 g/mol. The molecular formula is C17H19IO4. The molecule has 0 aliphatic heterocycles. The van der Waals surface area contributed by atoms with Gasteiger partial charge >= 0.3 is 0 Å². The average Bonchev–Trinajstić information content (AvgIpc) is 2.58. The van der Waals surface area contributed by atoms with Crippen LogP contribution in [-0.4, -0.2) is 27.9 Å². The third kappa shape index (κ3) is 3.71. The third-order valence-electron chi connectivity index (χ3n) is 3.43. The molecule has 0 saturated carbocycles. The molecule has 0 saturated heterocycles. The van der Waals surface area contributed by atoms with Crippen molar-refractivity contribution in [2.45, 2.75) is 5.79 Å². The van der Waals surface area contributed by atoms with Gasteiger partial charge in [0.25, 0.3) is 0 Å². The number of methoxy groups -OCH3 is 3. The SMILES string of the molecule is COc1ccc(I)c(OCC(OC)(OC)c2ccccc2)c1. The Balaban J connectivity index is 2.23. The van der Waals surface area contributed by atoms with Crippen molar-refractivity contribution in [1.29, 1.82) is 0 Å². The van der Waals surface area contributed by atoms with Crippen LogP contribution < -0.4 is 9.47 Å². The maximum Gasteiger partial charge on any atom is 0.229 e. The van der Waals surface area contributed by atoms with Gasteiger partial charge in [-0.2, -0.15) is 0 Å². The molecule has 0 heterocycles. The van der Waals surface area contributed by atoms with Crippen molar-refractivity contribution < 1.29 is 18.9 Å². The molecule has 0 atom stereocenters. The van der Waals surface area contributed by atoms with E-state index in [0.717, 1.165) is 20.6 Å². The van der Waals surface area contributed by atoms with Gasteiger partial charge in [-0.25, -0.2) is 0 Å².